The zero-order valence-corrected chi connectivity index (χ0v) is 24.7. The Bertz CT molecular complexity index is 1360. The van der Waals surface area contributed by atoms with Crippen molar-refractivity contribution in [3.63, 3.8) is 0 Å². The van der Waals surface area contributed by atoms with Gasteiger partial charge >= 0.3 is 11.9 Å². The Hall–Kier alpha value is -2.91. The van der Waals surface area contributed by atoms with Gasteiger partial charge in [-0.15, -0.1) is 0 Å². The molecule has 1 amide bonds. The van der Waals surface area contributed by atoms with Crippen LogP contribution >= 0.6 is 34.8 Å². The van der Waals surface area contributed by atoms with Crippen LogP contribution in [0, 0.1) is 5.92 Å². The first-order valence-electron chi connectivity index (χ1n) is 13.1. The summed E-state index contributed by atoms with van der Waals surface area (Å²) in [4.78, 5) is 41.6. The number of nitrogens with one attached hydrogen (secondary N) is 1. The predicted molar refractivity (Wildman–Crippen MR) is 157 cm³/mol. The van der Waals surface area contributed by atoms with Crippen LogP contribution in [0.5, 0.6) is 5.75 Å². The molecule has 40 heavy (non-hydrogen) atoms. The van der Waals surface area contributed by atoms with Gasteiger partial charge < -0.3 is 14.5 Å². The minimum absolute atomic E-state index is 0.0451. The summed E-state index contributed by atoms with van der Waals surface area (Å²) < 4.78 is 5.95. The van der Waals surface area contributed by atoms with Crippen LogP contribution in [-0.2, 0) is 9.63 Å². The van der Waals surface area contributed by atoms with Crippen molar-refractivity contribution in [2.75, 3.05) is 27.2 Å². The van der Waals surface area contributed by atoms with E-state index in [-0.39, 0.29) is 11.6 Å². The van der Waals surface area contributed by atoms with E-state index < -0.39 is 11.9 Å². The van der Waals surface area contributed by atoms with Gasteiger partial charge in [-0.1, -0.05) is 60.1 Å². The lowest BCUT2D eigenvalue weighted by Gasteiger charge is -2.19. The Morgan fingerprint density at radius 3 is 2.50 bits per heavy atom. The van der Waals surface area contributed by atoms with Gasteiger partial charge in [0.25, 0.3) is 0 Å². The van der Waals surface area contributed by atoms with Crippen LogP contribution in [0.25, 0.3) is 22.5 Å². The molecule has 3 aromatic rings. The number of hydroxylamine groups is 1. The van der Waals surface area contributed by atoms with Gasteiger partial charge in [-0.05, 0) is 63.7 Å². The van der Waals surface area contributed by atoms with Gasteiger partial charge in [-0.2, -0.15) is 5.48 Å². The molecule has 0 unspecified atom stereocenters. The molecule has 0 atom stereocenters. The fourth-order valence-electron chi connectivity index (χ4n) is 4.50. The third kappa shape index (κ3) is 7.85. The van der Waals surface area contributed by atoms with Gasteiger partial charge in [0.1, 0.15) is 11.4 Å². The molecule has 0 radical (unpaired) electrons. The summed E-state index contributed by atoms with van der Waals surface area (Å²) in [5, 5.41) is 1.16. The van der Waals surface area contributed by atoms with Crippen molar-refractivity contribution in [3.05, 3.63) is 63.4 Å². The molecule has 1 aromatic carbocycles. The quantitative estimate of drug-likeness (QED) is 0.210. The maximum absolute atomic E-state index is 13.0. The number of pyridine rings is 2. The Morgan fingerprint density at radius 2 is 1.77 bits per heavy atom. The first-order valence-corrected chi connectivity index (χ1v) is 14.3. The summed E-state index contributed by atoms with van der Waals surface area (Å²) >= 11 is 19.0. The molecule has 4 rings (SSSR count). The minimum Gasteiger partial charge on any atom is -0.492 e. The van der Waals surface area contributed by atoms with Gasteiger partial charge in [0.2, 0.25) is 0 Å². The second-order valence-electron chi connectivity index (χ2n) is 9.91. The van der Waals surface area contributed by atoms with E-state index in [1.807, 2.05) is 14.1 Å². The molecule has 1 aliphatic carbocycles. The van der Waals surface area contributed by atoms with Gasteiger partial charge in [-0.3, -0.25) is 9.78 Å². The zero-order chi connectivity index (χ0) is 28.6. The number of carbonyl (C=O) groups is 2. The van der Waals surface area contributed by atoms with Crippen LogP contribution in [0.4, 0.5) is 0 Å². The van der Waals surface area contributed by atoms with E-state index in [0.717, 1.165) is 45.1 Å². The van der Waals surface area contributed by atoms with E-state index in [1.54, 1.807) is 30.3 Å². The smallest absolute Gasteiger partial charge is 0.335 e. The van der Waals surface area contributed by atoms with Gasteiger partial charge in [0.05, 0.1) is 39.0 Å². The number of benzene rings is 1. The molecule has 212 valence electrons. The molecule has 1 fully saturated rings. The number of amides is 1. The number of hydrogen-bond donors (Lipinski definition) is 1. The maximum Gasteiger partial charge on any atom is 0.335 e. The molecule has 1 aliphatic rings. The lowest BCUT2D eigenvalue weighted by Crippen LogP contribution is -2.31. The van der Waals surface area contributed by atoms with Crippen LogP contribution in [0.1, 0.15) is 49.0 Å². The Labute approximate surface area is 248 Å². The number of rotatable bonds is 9. The number of hydrogen-bond acceptors (Lipinski definition) is 7. The van der Waals surface area contributed by atoms with Gasteiger partial charge in [0, 0.05) is 23.9 Å². The normalized spacial score (nSPS) is 13.8. The molecule has 1 N–H and O–H groups in total. The van der Waals surface area contributed by atoms with Crippen LogP contribution < -0.4 is 10.2 Å². The third-order valence-corrected chi connectivity index (χ3v) is 7.39. The van der Waals surface area contributed by atoms with Crippen LogP contribution in [0.2, 0.25) is 15.1 Å². The predicted octanol–water partition coefficient (Wildman–Crippen LogP) is 6.87. The summed E-state index contributed by atoms with van der Waals surface area (Å²) in [5.74, 6) is -0.808. The van der Waals surface area contributed by atoms with Crippen LogP contribution in [-0.4, -0.2) is 54.0 Å². The molecular formula is C29H31Cl3N4O4. The van der Waals surface area contributed by atoms with Crippen LogP contribution in [0.15, 0.2) is 42.6 Å². The van der Waals surface area contributed by atoms with E-state index in [9.17, 15) is 9.59 Å². The van der Waals surface area contributed by atoms with Crippen LogP contribution in [0.3, 0.4) is 0 Å². The average molecular weight is 606 g/mol. The number of aromatic nitrogens is 2. The highest BCUT2D eigenvalue weighted by atomic mass is 35.5. The monoisotopic (exact) mass is 604 g/mol. The highest BCUT2D eigenvalue weighted by molar-refractivity contribution is 6.36. The topological polar surface area (TPSA) is 93.6 Å². The van der Waals surface area contributed by atoms with Crippen molar-refractivity contribution < 1.29 is 19.2 Å². The lowest BCUT2D eigenvalue weighted by molar-refractivity contribution is -0.155. The van der Waals surface area contributed by atoms with Gasteiger partial charge in [0.15, 0.2) is 0 Å². The summed E-state index contributed by atoms with van der Waals surface area (Å²) in [7, 11) is 3.99. The number of carbonyl (C=O) groups excluding carboxylic acids is 2. The second kappa shape index (κ2) is 14.1. The standard InChI is InChI=1S/C29H31Cl3N4O4/c1-36(2)13-6-14-39-25-15-19(9-11-22(25)31)26-21(27-23(32)16-20(30)17-33-27)10-12-24(34-26)28(37)35-40-29(38)18-7-4-3-5-8-18/h9-12,15-18H,3-8,13-14H2,1-2H3,(H,35,37). The molecule has 0 aliphatic heterocycles. The van der Waals surface area contributed by atoms with E-state index in [0.29, 0.717) is 49.9 Å². The fourth-order valence-corrected chi connectivity index (χ4v) is 5.16. The number of ether oxygens (including phenoxy) is 1. The van der Waals surface area contributed by atoms with Gasteiger partial charge in [-0.25, -0.2) is 9.78 Å². The molecule has 11 heteroatoms. The average Bonchev–Trinajstić information content (AvgIpc) is 2.95. The molecule has 2 aromatic heterocycles. The molecule has 1 saturated carbocycles. The molecule has 8 nitrogen and oxygen atoms in total. The van der Waals surface area contributed by atoms with Crippen molar-refractivity contribution >= 4 is 46.7 Å². The zero-order valence-electron chi connectivity index (χ0n) is 22.4. The summed E-state index contributed by atoms with van der Waals surface area (Å²) in [6, 6.07) is 10.0. The summed E-state index contributed by atoms with van der Waals surface area (Å²) in [6.45, 7) is 1.34. The SMILES string of the molecule is CN(C)CCCOc1cc(-c2nc(C(=O)NOC(=O)C3CCCCC3)ccc2-c2ncc(Cl)cc2Cl)ccc1Cl. The van der Waals surface area contributed by atoms with Crippen molar-refractivity contribution in [2.45, 2.75) is 38.5 Å². The third-order valence-electron chi connectivity index (χ3n) is 6.59. The highest BCUT2D eigenvalue weighted by Gasteiger charge is 2.24. The van der Waals surface area contributed by atoms with E-state index in [4.69, 9.17) is 44.4 Å². The van der Waals surface area contributed by atoms with E-state index in [2.05, 4.69) is 20.3 Å². The largest absolute Gasteiger partial charge is 0.492 e. The van der Waals surface area contributed by atoms with E-state index >= 15 is 0 Å². The molecule has 2 heterocycles. The fraction of sp³-hybridized carbons (Fsp3) is 0.379. The highest BCUT2D eigenvalue weighted by Crippen LogP contribution is 2.37. The first-order chi connectivity index (χ1) is 19.2. The molecule has 0 bridgehead atoms. The first kappa shape index (κ1) is 30.1. The summed E-state index contributed by atoms with van der Waals surface area (Å²) in [6.07, 6.45) is 6.88. The summed E-state index contributed by atoms with van der Waals surface area (Å²) in [5.41, 5.74) is 4.35. The Morgan fingerprint density at radius 1 is 1.00 bits per heavy atom. The van der Waals surface area contributed by atoms with Crippen molar-refractivity contribution in [3.8, 4) is 28.3 Å². The number of nitrogens with zero attached hydrogens (tertiary/aromatic N) is 3. The Balaban J connectivity index is 1.64. The lowest BCUT2D eigenvalue weighted by atomic mass is 9.89. The maximum atomic E-state index is 13.0. The van der Waals surface area contributed by atoms with Crippen molar-refractivity contribution in [1.82, 2.24) is 20.3 Å². The molecule has 0 spiro atoms. The van der Waals surface area contributed by atoms with Crippen molar-refractivity contribution in [2.24, 2.45) is 5.92 Å². The number of halogens is 3. The molecule has 0 saturated heterocycles. The van der Waals surface area contributed by atoms with Crippen molar-refractivity contribution in [1.29, 1.82) is 0 Å². The minimum atomic E-state index is -0.652. The Kier molecular flexibility index (Phi) is 10.6. The molecular weight excluding hydrogens is 575 g/mol. The van der Waals surface area contributed by atoms with E-state index in [1.165, 1.54) is 12.3 Å². The second-order valence-corrected chi connectivity index (χ2v) is 11.2.